The molecule has 0 radical (unpaired) electrons. The zero-order valence-electron chi connectivity index (χ0n) is 15.3. The summed E-state index contributed by atoms with van der Waals surface area (Å²) in [5.41, 5.74) is 1.45. The van der Waals surface area contributed by atoms with E-state index in [0.717, 1.165) is 0 Å². The van der Waals surface area contributed by atoms with Crippen molar-refractivity contribution in [3.05, 3.63) is 105 Å². The number of cyclic esters (lactones) is 1. The van der Waals surface area contributed by atoms with Crippen LogP contribution in [0.3, 0.4) is 0 Å². The Morgan fingerprint density at radius 1 is 0.967 bits per heavy atom. The number of hydrogen-bond acceptors (Lipinski definition) is 5. The molecule has 3 aromatic carbocycles. The topological polar surface area (TPSA) is 65.0 Å². The molecule has 0 atom stereocenters. The van der Waals surface area contributed by atoms with Crippen molar-refractivity contribution in [1.82, 2.24) is 0 Å². The van der Waals surface area contributed by atoms with Crippen LogP contribution in [0.15, 0.2) is 83.5 Å². The van der Waals surface area contributed by atoms with Gasteiger partial charge < -0.3 is 9.47 Å². The van der Waals surface area contributed by atoms with Crippen LogP contribution in [0.2, 0.25) is 10.0 Å². The van der Waals surface area contributed by atoms with Crippen molar-refractivity contribution in [1.29, 1.82) is 0 Å². The van der Waals surface area contributed by atoms with Crippen LogP contribution in [0.1, 0.15) is 21.5 Å². The van der Waals surface area contributed by atoms with Gasteiger partial charge in [-0.25, -0.2) is 14.6 Å². The lowest BCUT2D eigenvalue weighted by molar-refractivity contribution is -0.129. The highest BCUT2D eigenvalue weighted by molar-refractivity contribution is 6.36. The highest BCUT2D eigenvalue weighted by Gasteiger charge is 2.24. The third-order valence-electron chi connectivity index (χ3n) is 4.21. The third-order valence-corrected chi connectivity index (χ3v) is 4.75. The number of carbonyl (C=O) groups excluding carboxylic acids is 2. The first-order valence-corrected chi connectivity index (χ1v) is 9.61. The molecule has 1 aliphatic rings. The molecule has 0 bridgehead atoms. The average Bonchev–Trinajstić information content (AvgIpc) is 3.10. The van der Waals surface area contributed by atoms with Gasteiger partial charge in [0.25, 0.3) is 0 Å². The Kier molecular flexibility index (Phi) is 5.65. The fraction of sp³-hybridized carbons (Fsp3) is 0. The number of halogens is 2. The largest absolute Gasteiger partial charge is 0.422 e. The van der Waals surface area contributed by atoms with Gasteiger partial charge in [0, 0.05) is 16.1 Å². The minimum Gasteiger partial charge on any atom is -0.422 e. The quantitative estimate of drug-likeness (QED) is 0.304. The molecule has 0 N–H and O–H groups in total. The Hall–Kier alpha value is -3.41. The number of benzene rings is 3. The summed E-state index contributed by atoms with van der Waals surface area (Å²) < 4.78 is 10.8. The predicted octanol–water partition coefficient (Wildman–Crippen LogP) is 5.56. The molecule has 0 aromatic heterocycles. The molecule has 5 nitrogen and oxygen atoms in total. The maximum atomic E-state index is 12.5. The molecule has 1 heterocycles. The van der Waals surface area contributed by atoms with Crippen molar-refractivity contribution in [2.45, 2.75) is 0 Å². The molecule has 0 saturated carbocycles. The van der Waals surface area contributed by atoms with Crippen LogP contribution in [0.5, 0.6) is 5.75 Å². The average molecular weight is 438 g/mol. The summed E-state index contributed by atoms with van der Waals surface area (Å²) in [7, 11) is 0. The summed E-state index contributed by atoms with van der Waals surface area (Å²) in [4.78, 5) is 29.1. The Balaban J connectivity index is 1.63. The van der Waals surface area contributed by atoms with E-state index >= 15 is 0 Å². The van der Waals surface area contributed by atoms with Gasteiger partial charge in [-0.15, -0.1) is 0 Å². The second-order valence-corrected chi connectivity index (χ2v) is 7.10. The Morgan fingerprint density at radius 3 is 2.47 bits per heavy atom. The first-order valence-electron chi connectivity index (χ1n) is 8.85. The van der Waals surface area contributed by atoms with Crippen molar-refractivity contribution in [2.24, 2.45) is 4.99 Å². The molecule has 3 aromatic rings. The monoisotopic (exact) mass is 437 g/mol. The lowest BCUT2D eigenvalue weighted by atomic mass is 10.1. The van der Waals surface area contributed by atoms with Gasteiger partial charge in [0.1, 0.15) is 5.75 Å². The molecule has 7 heteroatoms. The van der Waals surface area contributed by atoms with Gasteiger partial charge in [-0.05, 0) is 42.5 Å². The summed E-state index contributed by atoms with van der Waals surface area (Å²) in [6.45, 7) is 0. The van der Waals surface area contributed by atoms with Gasteiger partial charge in [-0.2, -0.15) is 0 Å². The first kappa shape index (κ1) is 19.9. The van der Waals surface area contributed by atoms with Gasteiger partial charge in [-0.3, -0.25) is 0 Å². The van der Waals surface area contributed by atoms with Gasteiger partial charge in [0.05, 0.1) is 10.6 Å². The molecule has 0 saturated heterocycles. The van der Waals surface area contributed by atoms with Crippen molar-refractivity contribution in [3.8, 4) is 5.75 Å². The normalized spacial score (nSPS) is 14.4. The van der Waals surface area contributed by atoms with Crippen LogP contribution in [0, 0.1) is 0 Å². The highest BCUT2D eigenvalue weighted by atomic mass is 35.5. The minimum absolute atomic E-state index is 0.0990. The van der Waals surface area contributed by atoms with Gasteiger partial charge >= 0.3 is 11.9 Å². The van der Waals surface area contributed by atoms with E-state index in [1.54, 1.807) is 42.5 Å². The molecule has 0 unspecified atom stereocenters. The zero-order valence-corrected chi connectivity index (χ0v) is 16.9. The molecule has 0 amide bonds. The van der Waals surface area contributed by atoms with Crippen molar-refractivity contribution in [2.75, 3.05) is 0 Å². The number of aliphatic imine (C=N–C) groups is 1. The molecular weight excluding hydrogens is 425 g/mol. The van der Waals surface area contributed by atoms with E-state index in [9.17, 15) is 9.59 Å². The Bertz CT molecular complexity index is 1200. The number of carbonyl (C=O) groups is 2. The number of esters is 2. The molecule has 30 heavy (non-hydrogen) atoms. The third kappa shape index (κ3) is 4.27. The van der Waals surface area contributed by atoms with E-state index in [1.807, 2.05) is 18.2 Å². The predicted molar refractivity (Wildman–Crippen MR) is 115 cm³/mol. The van der Waals surface area contributed by atoms with Crippen molar-refractivity contribution >= 4 is 47.1 Å². The highest BCUT2D eigenvalue weighted by Crippen LogP contribution is 2.27. The molecule has 0 aliphatic carbocycles. The summed E-state index contributed by atoms with van der Waals surface area (Å²) in [6.07, 6.45) is 1.50. The van der Waals surface area contributed by atoms with E-state index in [-0.39, 0.29) is 27.9 Å². The molecule has 0 fully saturated rings. The molecule has 4 rings (SSSR count). The van der Waals surface area contributed by atoms with Crippen LogP contribution in [0.4, 0.5) is 0 Å². The SMILES string of the molecule is O=C1OC(c2ccccc2)=NC1=Cc1ccccc1OC(=O)c1ccc(Cl)cc1Cl. The van der Waals surface area contributed by atoms with Crippen molar-refractivity contribution in [3.63, 3.8) is 0 Å². The molecule has 148 valence electrons. The van der Waals surface area contributed by atoms with E-state index in [1.165, 1.54) is 18.2 Å². The molecular formula is C23H13Cl2NO4. The van der Waals surface area contributed by atoms with E-state index in [4.69, 9.17) is 32.7 Å². The number of para-hydroxylation sites is 1. The fourth-order valence-electron chi connectivity index (χ4n) is 2.76. The standard InChI is InChI=1S/C23H13Cl2NO4/c24-16-10-11-17(18(25)13-16)22(27)29-20-9-5-4-8-15(20)12-19-23(28)30-21(26-19)14-6-2-1-3-7-14/h1-13H. The summed E-state index contributed by atoms with van der Waals surface area (Å²) in [5, 5.41) is 0.591. The van der Waals surface area contributed by atoms with Gasteiger partial charge in [0.2, 0.25) is 5.90 Å². The lowest BCUT2D eigenvalue weighted by Gasteiger charge is -2.09. The smallest absolute Gasteiger partial charge is 0.363 e. The lowest BCUT2D eigenvalue weighted by Crippen LogP contribution is -2.10. The second kappa shape index (κ2) is 8.53. The number of nitrogens with zero attached hydrogens (tertiary/aromatic N) is 1. The van der Waals surface area contributed by atoms with Gasteiger partial charge in [-0.1, -0.05) is 59.6 Å². The number of rotatable bonds is 4. The van der Waals surface area contributed by atoms with Crippen LogP contribution in [-0.4, -0.2) is 17.8 Å². The fourth-order valence-corrected chi connectivity index (χ4v) is 3.25. The van der Waals surface area contributed by atoms with E-state index in [2.05, 4.69) is 4.99 Å². The zero-order chi connectivity index (χ0) is 21.1. The Labute approximate surface area is 182 Å². The summed E-state index contributed by atoms with van der Waals surface area (Å²) in [6, 6.07) is 20.3. The van der Waals surface area contributed by atoms with Gasteiger partial charge in [0.15, 0.2) is 5.70 Å². The van der Waals surface area contributed by atoms with Crippen LogP contribution in [-0.2, 0) is 9.53 Å². The second-order valence-electron chi connectivity index (χ2n) is 6.25. The van der Waals surface area contributed by atoms with E-state index in [0.29, 0.717) is 16.1 Å². The van der Waals surface area contributed by atoms with E-state index < -0.39 is 11.9 Å². The minimum atomic E-state index is -0.648. The maximum absolute atomic E-state index is 12.5. The number of ether oxygens (including phenoxy) is 2. The van der Waals surface area contributed by atoms with Crippen LogP contribution >= 0.6 is 23.2 Å². The Morgan fingerprint density at radius 2 is 1.70 bits per heavy atom. The van der Waals surface area contributed by atoms with Crippen molar-refractivity contribution < 1.29 is 19.1 Å². The van der Waals surface area contributed by atoms with Crippen LogP contribution < -0.4 is 4.74 Å². The summed E-state index contributed by atoms with van der Waals surface area (Å²) >= 11 is 12.0. The number of hydrogen-bond donors (Lipinski definition) is 0. The molecule has 0 spiro atoms. The van der Waals surface area contributed by atoms with Crippen LogP contribution in [0.25, 0.3) is 6.08 Å². The maximum Gasteiger partial charge on any atom is 0.363 e. The summed E-state index contributed by atoms with van der Waals surface area (Å²) in [5.74, 6) is -0.771. The first-order chi connectivity index (χ1) is 14.5. The molecule has 1 aliphatic heterocycles.